The van der Waals surface area contributed by atoms with Gasteiger partial charge in [0.1, 0.15) is 0 Å². The third-order valence-corrected chi connectivity index (χ3v) is 3.04. The molecule has 0 aliphatic carbocycles. The van der Waals surface area contributed by atoms with Crippen LogP contribution in [0, 0.1) is 5.92 Å². The largest absolute Gasteiger partial charge is 0.338 e. The number of nitrogens with two attached hydrogens (primary N) is 1. The minimum absolute atomic E-state index is 0.125. The van der Waals surface area contributed by atoms with Crippen molar-refractivity contribution in [2.75, 3.05) is 6.54 Å². The quantitative estimate of drug-likeness (QED) is 0.775. The Balaban J connectivity index is 2.61. The summed E-state index contributed by atoms with van der Waals surface area (Å²) in [6.45, 7) is 7.10. The summed E-state index contributed by atoms with van der Waals surface area (Å²) in [5.74, 6) is 0.775. The molecule has 0 radical (unpaired) electrons. The van der Waals surface area contributed by atoms with Gasteiger partial charge in [0.05, 0.1) is 6.04 Å². The van der Waals surface area contributed by atoms with E-state index in [4.69, 9.17) is 5.73 Å². The molecule has 0 aromatic carbocycles. The third kappa shape index (κ3) is 3.49. The molecule has 1 heterocycles. The molecule has 1 saturated heterocycles. The third-order valence-electron chi connectivity index (χ3n) is 3.04. The maximum atomic E-state index is 11.9. The molecule has 15 heavy (non-hydrogen) atoms. The first-order chi connectivity index (χ1) is 7.02. The second-order valence-corrected chi connectivity index (χ2v) is 5.10. The Morgan fingerprint density at radius 1 is 1.40 bits per heavy atom. The summed E-state index contributed by atoms with van der Waals surface area (Å²) in [6.07, 6.45) is 4.64. The van der Waals surface area contributed by atoms with Gasteiger partial charge in [-0.15, -0.1) is 0 Å². The van der Waals surface area contributed by atoms with Gasteiger partial charge in [0.15, 0.2) is 0 Å². The predicted molar refractivity (Wildman–Crippen MR) is 62.5 cm³/mol. The number of piperidine rings is 1. The summed E-state index contributed by atoms with van der Waals surface area (Å²) < 4.78 is 0. The Kier molecular flexibility index (Phi) is 4.58. The highest BCUT2D eigenvalue weighted by Gasteiger charge is 2.28. The normalized spacial score (nSPS) is 24.3. The highest BCUT2D eigenvalue weighted by Crippen LogP contribution is 2.23. The maximum absolute atomic E-state index is 11.9. The second kappa shape index (κ2) is 5.50. The highest BCUT2D eigenvalue weighted by molar-refractivity contribution is 5.81. The SMILES string of the molecule is CC(C)CC1CCCCN1C(=O)[C@H](C)N. The number of hydrogen-bond donors (Lipinski definition) is 1. The summed E-state index contributed by atoms with van der Waals surface area (Å²) in [4.78, 5) is 13.9. The molecular weight excluding hydrogens is 188 g/mol. The molecular formula is C12H24N2O. The van der Waals surface area contributed by atoms with Crippen LogP contribution in [0.2, 0.25) is 0 Å². The molecule has 1 aliphatic rings. The van der Waals surface area contributed by atoms with Crippen LogP contribution in [-0.2, 0) is 4.79 Å². The average molecular weight is 212 g/mol. The molecule has 2 N–H and O–H groups in total. The lowest BCUT2D eigenvalue weighted by Gasteiger charge is -2.37. The first-order valence-electron chi connectivity index (χ1n) is 6.08. The summed E-state index contributed by atoms with van der Waals surface area (Å²) in [6, 6.07) is 0.0787. The molecule has 0 saturated carbocycles. The minimum Gasteiger partial charge on any atom is -0.338 e. The fourth-order valence-electron chi connectivity index (χ4n) is 2.34. The van der Waals surface area contributed by atoms with Crippen molar-refractivity contribution in [2.45, 2.75) is 58.5 Å². The zero-order valence-electron chi connectivity index (χ0n) is 10.2. The van der Waals surface area contributed by atoms with Gasteiger partial charge in [-0.25, -0.2) is 0 Å². The number of rotatable bonds is 3. The lowest BCUT2D eigenvalue weighted by atomic mass is 9.93. The Morgan fingerprint density at radius 2 is 2.07 bits per heavy atom. The molecule has 0 aromatic heterocycles. The van der Waals surface area contributed by atoms with Gasteiger partial charge in [0.2, 0.25) is 5.91 Å². The van der Waals surface area contributed by atoms with Crippen LogP contribution in [0.3, 0.4) is 0 Å². The fourth-order valence-corrected chi connectivity index (χ4v) is 2.34. The lowest BCUT2D eigenvalue weighted by molar-refractivity contribution is -0.136. The fraction of sp³-hybridized carbons (Fsp3) is 0.917. The Labute approximate surface area is 93.0 Å². The number of likely N-dealkylation sites (tertiary alicyclic amines) is 1. The van der Waals surface area contributed by atoms with Crippen LogP contribution in [-0.4, -0.2) is 29.4 Å². The van der Waals surface area contributed by atoms with E-state index in [1.54, 1.807) is 6.92 Å². The summed E-state index contributed by atoms with van der Waals surface area (Å²) in [7, 11) is 0. The van der Waals surface area contributed by atoms with Gasteiger partial charge in [-0.2, -0.15) is 0 Å². The van der Waals surface area contributed by atoms with E-state index in [9.17, 15) is 4.79 Å². The number of amides is 1. The molecule has 0 bridgehead atoms. The van der Waals surface area contributed by atoms with Crippen molar-refractivity contribution in [3.05, 3.63) is 0 Å². The minimum atomic E-state index is -0.349. The lowest BCUT2D eigenvalue weighted by Crippen LogP contribution is -2.50. The van der Waals surface area contributed by atoms with E-state index in [1.165, 1.54) is 6.42 Å². The molecule has 1 aliphatic heterocycles. The van der Waals surface area contributed by atoms with E-state index in [1.807, 2.05) is 4.90 Å². The molecule has 1 unspecified atom stereocenters. The van der Waals surface area contributed by atoms with E-state index in [0.29, 0.717) is 12.0 Å². The first kappa shape index (κ1) is 12.5. The van der Waals surface area contributed by atoms with Crippen LogP contribution in [0.25, 0.3) is 0 Å². The highest BCUT2D eigenvalue weighted by atomic mass is 16.2. The standard InChI is InChI=1S/C12H24N2O/c1-9(2)8-11-6-4-5-7-14(11)12(15)10(3)13/h9-11H,4-8,13H2,1-3H3/t10-,11?/m0/s1. The van der Waals surface area contributed by atoms with Crippen molar-refractivity contribution < 1.29 is 4.79 Å². The monoisotopic (exact) mass is 212 g/mol. The van der Waals surface area contributed by atoms with Gasteiger partial charge >= 0.3 is 0 Å². The zero-order valence-corrected chi connectivity index (χ0v) is 10.2. The van der Waals surface area contributed by atoms with Crippen LogP contribution in [0.15, 0.2) is 0 Å². The van der Waals surface area contributed by atoms with Crippen LogP contribution in [0.5, 0.6) is 0 Å². The molecule has 3 heteroatoms. The molecule has 0 aromatic rings. The predicted octanol–water partition coefficient (Wildman–Crippen LogP) is 1.76. The molecule has 2 atom stereocenters. The van der Waals surface area contributed by atoms with Gasteiger partial charge in [-0.05, 0) is 38.5 Å². The summed E-state index contributed by atoms with van der Waals surface area (Å²) in [5.41, 5.74) is 5.67. The Bertz CT molecular complexity index is 214. The Hall–Kier alpha value is -0.570. The second-order valence-electron chi connectivity index (χ2n) is 5.10. The maximum Gasteiger partial charge on any atom is 0.239 e. The summed E-state index contributed by atoms with van der Waals surface area (Å²) >= 11 is 0. The molecule has 1 rings (SSSR count). The zero-order chi connectivity index (χ0) is 11.4. The first-order valence-corrected chi connectivity index (χ1v) is 6.08. The molecule has 3 nitrogen and oxygen atoms in total. The van der Waals surface area contributed by atoms with Crippen molar-refractivity contribution in [3.8, 4) is 0 Å². The van der Waals surface area contributed by atoms with Crippen molar-refractivity contribution in [2.24, 2.45) is 11.7 Å². The average Bonchev–Trinajstić information content (AvgIpc) is 2.16. The molecule has 88 valence electrons. The van der Waals surface area contributed by atoms with Crippen LogP contribution in [0.1, 0.15) is 46.5 Å². The smallest absolute Gasteiger partial charge is 0.239 e. The van der Waals surface area contributed by atoms with E-state index in [-0.39, 0.29) is 11.9 Å². The number of carbonyl (C=O) groups is 1. The van der Waals surface area contributed by atoms with Crippen molar-refractivity contribution in [1.82, 2.24) is 4.90 Å². The van der Waals surface area contributed by atoms with Crippen LogP contribution >= 0.6 is 0 Å². The molecule has 1 fully saturated rings. The van der Waals surface area contributed by atoms with E-state index < -0.39 is 0 Å². The van der Waals surface area contributed by atoms with Crippen LogP contribution < -0.4 is 5.73 Å². The van der Waals surface area contributed by atoms with Gasteiger partial charge < -0.3 is 10.6 Å². The van der Waals surface area contributed by atoms with Gasteiger partial charge in [-0.1, -0.05) is 13.8 Å². The molecule has 1 amide bonds. The Morgan fingerprint density at radius 3 is 2.60 bits per heavy atom. The molecule has 0 spiro atoms. The van der Waals surface area contributed by atoms with E-state index in [0.717, 1.165) is 25.8 Å². The van der Waals surface area contributed by atoms with Gasteiger partial charge in [-0.3, -0.25) is 4.79 Å². The number of hydrogen-bond acceptors (Lipinski definition) is 2. The topological polar surface area (TPSA) is 46.3 Å². The van der Waals surface area contributed by atoms with Gasteiger partial charge in [0, 0.05) is 12.6 Å². The van der Waals surface area contributed by atoms with Crippen molar-refractivity contribution in [3.63, 3.8) is 0 Å². The summed E-state index contributed by atoms with van der Waals surface area (Å²) in [5, 5.41) is 0. The van der Waals surface area contributed by atoms with Crippen LogP contribution in [0.4, 0.5) is 0 Å². The van der Waals surface area contributed by atoms with E-state index in [2.05, 4.69) is 13.8 Å². The van der Waals surface area contributed by atoms with Crippen molar-refractivity contribution >= 4 is 5.91 Å². The number of nitrogens with zero attached hydrogens (tertiary/aromatic N) is 1. The van der Waals surface area contributed by atoms with E-state index >= 15 is 0 Å². The van der Waals surface area contributed by atoms with Gasteiger partial charge in [0.25, 0.3) is 0 Å². The number of carbonyl (C=O) groups excluding carboxylic acids is 1. The van der Waals surface area contributed by atoms with Crippen molar-refractivity contribution in [1.29, 1.82) is 0 Å².